The van der Waals surface area contributed by atoms with Crippen molar-refractivity contribution >= 4 is 57.1 Å². The van der Waals surface area contributed by atoms with E-state index in [1.54, 1.807) is 25.3 Å². The highest BCUT2D eigenvalue weighted by Gasteiger charge is 2.20. The summed E-state index contributed by atoms with van der Waals surface area (Å²) in [6, 6.07) is 18.9. The third kappa shape index (κ3) is 5.07. The molecule has 0 aliphatic heterocycles. The minimum atomic E-state index is -0.132. The fraction of sp³-hybridized carbons (Fsp3) is 0.214. The number of nitrogens with one attached hydrogen (secondary N) is 2. The number of nitrogens with zero attached hydrogens (tertiary/aromatic N) is 1. The van der Waals surface area contributed by atoms with Crippen molar-refractivity contribution in [3.8, 4) is 5.75 Å². The van der Waals surface area contributed by atoms with Crippen molar-refractivity contribution in [1.82, 2.24) is 4.98 Å². The van der Waals surface area contributed by atoms with Crippen molar-refractivity contribution in [3.63, 3.8) is 0 Å². The van der Waals surface area contributed by atoms with Gasteiger partial charge in [-0.2, -0.15) is 0 Å². The molecule has 5 rings (SSSR count). The van der Waals surface area contributed by atoms with Gasteiger partial charge < -0.3 is 15.4 Å². The van der Waals surface area contributed by atoms with E-state index in [2.05, 4.69) is 10.6 Å². The summed E-state index contributed by atoms with van der Waals surface area (Å²) in [5.41, 5.74) is 6.69. The number of anilines is 3. The van der Waals surface area contributed by atoms with Crippen LogP contribution >= 0.6 is 23.2 Å². The molecule has 0 saturated heterocycles. The lowest BCUT2D eigenvalue weighted by Crippen LogP contribution is -2.14. The zero-order valence-corrected chi connectivity index (χ0v) is 20.8. The number of para-hydroxylation sites is 2. The molecule has 0 radical (unpaired) electrons. The summed E-state index contributed by atoms with van der Waals surface area (Å²) in [5.74, 6) is 0.640. The van der Waals surface area contributed by atoms with E-state index < -0.39 is 0 Å². The van der Waals surface area contributed by atoms with Gasteiger partial charge in [0.1, 0.15) is 5.75 Å². The molecule has 0 atom stereocenters. The van der Waals surface area contributed by atoms with Gasteiger partial charge >= 0.3 is 0 Å². The molecule has 0 saturated carbocycles. The Hall–Kier alpha value is -3.28. The van der Waals surface area contributed by atoms with Gasteiger partial charge in [0, 0.05) is 16.8 Å². The average molecular weight is 506 g/mol. The molecule has 0 bridgehead atoms. The minimum absolute atomic E-state index is 0.132. The standard InChI is InChI=1S/C28H25Cl2N3O2/c1-35-26-9-5-4-8-25(26)33-28-19-6-2-3-7-23(19)32-24-13-11-18(16-20(24)28)31-27(34)15-17-10-12-21(29)22(30)14-17/h4-5,8-14,16H,2-3,6-7,15H2,1H3,(H,31,34)(H,32,33). The number of amides is 1. The molecule has 0 unspecified atom stereocenters. The first-order valence-electron chi connectivity index (χ1n) is 11.6. The zero-order chi connectivity index (χ0) is 24.4. The molecule has 1 aliphatic carbocycles. The van der Waals surface area contributed by atoms with Crippen LogP contribution in [0.5, 0.6) is 5.75 Å². The maximum absolute atomic E-state index is 12.8. The minimum Gasteiger partial charge on any atom is -0.495 e. The Morgan fingerprint density at radius 2 is 1.83 bits per heavy atom. The molecule has 4 aromatic rings. The van der Waals surface area contributed by atoms with E-state index >= 15 is 0 Å². The second-order valence-electron chi connectivity index (χ2n) is 8.65. The van der Waals surface area contributed by atoms with Crippen molar-refractivity contribution < 1.29 is 9.53 Å². The fourth-order valence-electron chi connectivity index (χ4n) is 4.57. The second-order valence-corrected chi connectivity index (χ2v) is 9.46. The number of benzene rings is 3. The first kappa shape index (κ1) is 23.5. The molecule has 1 amide bonds. The molecule has 35 heavy (non-hydrogen) atoms. The van der Waals surface area contributed by atoms with Crippen LogP contribution in [0.1, 0.15) is 29.7 Å². The fourth-order valence-corrected chi connectivity index (χ4v) is 4.89. The van der Waals surface area contributed by atoms with Gasteiger partial charge in [-0.05, 0) is 79.3 Å². The number of carbonyl (C=O) groups excluding carboxylic acids is 1. The molecule has 178 valence electrons. The van der Waals surface area contributed by atoms with E-state index in [-0.39, 0.29) is 12.3 Å². The average Bonchev–Trinajstić information content (AvgIpc) is 2.86. The predicted octanol–water partition coefficient (Wildman–Crippen LogP) is 7.35. The van der Waals surface area contributed by atoms with Gasteiger partial charge in [0.25, 0.3) is 0 Å². The smallest absolute Gasteiger partial charge is 0.228 e. The van der Waals surface area contributed by atoms with Crippen molar-refractivity contribution in [3.05, 3.63) is 87.5 Å². The summed E-state index contributed by atoms with van der Waals surface area (Å²) in [6.07, 6.45) is 4.39. The lowest BCUT2D eigenvalue weighted by molar-refractivity contribution is -0.115. The van der Waals surface area contributed by atoms with Gasteiger partial charge in [0.15, 0.2) is 0 Å². The number of methoxy groups -OCH3 is 1. The Labute approximate surface area is 214 Å². The van der Waals surface area contributed by atoms with Crippen molar-refractivity contribution in [2.45, 2.75) is 32.1 Å². The summed E-state index contributed by atoms with van der Waals surface area (Å²) in [5, 5.41) is 8.50. The number of hydrogen-bond donors (Lipinski definition) is 2. The van der Waals surface area contributed by atoms with E-state index in [9.17, 15) is 4.79 Å². The maximum atomic E-state index is 12.8. The van der Waals surface area contributed by atoms with Gasteiger partial charge in [0.05, 0.1) is 40.5 Å². The lowest BCUT2D eigenvalue weighted by Gasteiger charge is -2.23. The highest BCUT2D eigenvalue weighted by molar-refractivity contribution is 6.42. The van der Waals surface area contributed by atoms with Crippen molar-refractivity contribution in [1.29, 1.82) is 0 Å². The lowest BCUT2D eigenvalue weighted by atomic mass is 9.92. The summed E-state index contributed by atoms with van der Waals surface area (Å²) >= 11 is 12.1. The van der Waals surface area contributed by atoms with Gasteiger partial charge in [0.2, 0.25) is 5.91 Å². The SMILES string of the molecule is COc1ccccc1Nc1c2c(nc3ccc(NC(=O)Cc4ccc(Cl)c(Cl)c4)cc13)CCCC2. The number of aryl methyl sites for hydroxylation is 1. The Balaban J connectivity index is 1.50. The number of aromatic nitrogens is 1. The number of fused-ring (bicyclic) bond motifs is 2. The molecule has 3 aromatic carbocycles. The van der Waals surface area contributed by atoms with Crippen LogP contribution in [0.25, 0.3) is 10.9 Å². The Bertz CT molecular complexity index is 1420. The maximum Gasteiger partial charge on any atom is 0.228 e. The topological polar surface area (TPSA) is 63.2 Å². The van der Waals surface area contributed by atoms with Gasteiger partial charge in [-0.1, -0.05) is 41.4 Å². The predicted molar refractivity (Wildman–Crippen MR) is 143 cm³/mol. The van der Waals surface area contributed by atoms with Crippen molar-refractivity contribution in [2.24, 2.45) is 0 Å². The van der Waals surface area contributed by atoms with Crippen LogP contribution in [0.3, 0.4) is 0 Å². The Kier molecular flexibility index (Phi) is 6.80. The first-order chi connectivity index (χ1) is 17.0. The highest BCUT2D eigenvalue weighted by Crippen LogP contribution is 2.38. The number of halogens is 2. The summed E-state index contributed by atoms with van der Waals surface area (Å²) < 4.78 is 5.57. The number of ether oxygens (including phenoxy) is 1. The van der Waals surface area contributed by atoms with E-state index in [1.165, 1.54) is 5.56 Å². The van der Waals surface area contributed by atoms with Crippen LogP contribution in [0.2, 0.25) is 10.0 Å². The van der Waals surface area contributed by atoms with Crippen LogP contribution in [-0.2, 0) is 24.1 Å². The molecule has 1 aromatic heterocycles. The van der Waals surface area contributed by atoms with Crippen LogP contribution in [0.15, 0.2) is 60.7 Å². The van der Waals surface area contributed by atoms with E-state index in [0.717, 1.165) is 65.0 Å². The Morgan fingerprint density at radius 1 is 1.00 bits per heavy atom. The third-order valence-electron chi connectivity index (χ3n) is 6.26. The first-order valence-corrected chi connectivity index (χ1v) is 12.4. The number of pyridine rings is 1. The summed E-state index contributed by atoms with van der Waals surface area (Å²) in [4.78, 5) is 17.7. The number of rotatable bonds is 6. The molecule has 1 heterocycles. The van der Waals surface area contributed by atoms with Gasteiger partial charge in [-0.25, -0.2) is 0 Å². The quantitative estimate of drug-likeness (QED) is 0.287. The monoisotopic (exact) mass is 505 g/mol. The van der Waals surface area contributed by atoms with Crippen LogP contribution in [0.4, 0.5) is 17.1 Å². The van der Waals surface area contributed by atoms with Crippen LogP contribution in [-0.4, -0.2) is 18.0 Å². The zero-order valence-electron chi connectivity index (χ0n) is 19.3. The molecule has 7 heteroatoms. The van der Waals surface area contributed by atoms with E-state index in [4.69, 9.17) is 32.9 Å². The molecule has 5 nitrogen and oxygen atoms in total. The largest absolute Gasteiger partial charge is 0.495 e. The van der Waals surface area contributed by atoms with Crippen LogP contribution < -0.4 is 15.4 Å². The van der Waals surface area contributed by atoms with Gasteiger partial charge in [-0.3, -0.25) is 9.78 Å². The summed E-state index contributed by atoms with van der Waals surface area (Å²) in [7, 11) is 1.67. The molecular formula is C28H25Cl2N3O2. The number of hydrogen-bond acceptors (Lipinski definition) is 4. The normalized spacial score (nSPS) is 12.8. The number of carbonyl (C=O) groups is 1. The van der Waals surface area contributed by atoms with Gasteiger partial charge in [-0.15, -0.1) is 0 Å². The molecular weight excluding hydrogens is 481 g/mol. The molecule has 0 spiro atoms. The van der Waals surface area contributed by atoms with E-state index in [1.807, 2.05) is 42.5 Å². The summed E-state index contributed by atoms with van der Waals surface area (Å²) in [6.45, 7) is 0. The highest BCUT2D eigenvalue weighted by atomic mass is 35.5. The third-order valence-corrected chi connectivity index (χ3v) is 7.00. The second kappa shape index (κ2) is 10.1. The molecule has 1 aliphatic rings. The van der Waals surface area contributed by atoms with Crippen LogP contribution in [0, 0.1) is 0 Å². The molecule has 2 N–H and O–H groups in total. The molecule has 0 fully saturated rings. The van der Waals surface area contributed by atoms with Crippen molar-refractivity contribution in [2.75, 3.05) is 17.7 Å². The Morgan fingerprint density at radius 3 is 2.66 bits per heavy atom. The van der Waals surface area contributed by atoms with E-state index in [0.29, 0.717) is 15.7 Å².